The van der Waals surface area contributed by atoms with Gasteiger partial charge in [-0.1, -0.05) is 36.4 Å². The third-order valence-electron chi connectivity index (χ3n) is 5.50. The number of thiophene rings is 1. The number of para-hydroxylation sites is 1. The van der Waals surface area contributed by atoms with Gasteiger partial charge in [-0.25, -0.2) is 0 Å². The van der Waals surface area contributed by atoms with E-state index in [1.807, 2.05) is 22.4 Å². The van der Waals surface area contributed by atoms with E-state index >= 15 is 0 Å². The molecule has 2 aromatic carbocycles. The standard InChI is InChI=1S/C24H25N3O2S/c1-18-6-2-3-7-19(18)16-26-11-13-27(14-12-26)24(29)21-8-4-5-9-22(21)25-23(28)20-10-15-30-17-20/h2-10,15,17H,11-14,16H2,1H3,(H,25,28). The topological polar surface area (TPSA) is 52.6 Å². The quantitative estimate of drug-likeness (QED) is 0.672. The smallest absolute Gasteiger partial charge is 0.256 e. The molecule has 6 heteroatoms. The third kappa shape index (κ3) is 4.61. The number of hydrogen-bond donors (Lipinski definition) is 1. The maximum atomic E-state index is 13.2. The van der Waals surface area contributed by atoms with Crippen molar-refractivity contribution in [2.75, 3.05) is 31.5 Å². The number of hydrogen-bond acceptors (Lipinski definition) is 4. The minimum atomic E-state index is -0.195. The number of carbonyl (C=O) groups is 2. The number of nitrogens with one attached hydrogen (secondary N) is 1. The molecule has 5 nitrogen and oxygen atoms in total. The van der Waals surface area contributed by atoms with Gasteiger partial charge >= 0.3 is 0 Å². The highest BCUT2D eigenvalue weighted by Gasteiger charge is 2.24. The van der Waals surface area contributed by atoms with Gasteiger partial charge in [-0.3, -0.25) is 14.5 Å². The molecule has 0 radical (unpaired) electrons. The molecule has 1 aliphatic rings. The zero-order chi connectivity index (χ0) is 20.9. The fraction of sp³-hybridized carbons (Fsp3) is 0.250. The van der Waals surface area contributed by atoms with E-state index in [2.05, 4.69) is 41.4 Å². The van der Waals surface area contributed by atoms with Crippen molar-refractivity contribution in [1.82, 2.24) is 9.80 Å². The molecule has 0 unspecified atom stereocenters. The average molecular weight is 420 g/mol. The second-order valence-corrected chi connectivity index (χ2v) is 8.29. The second kappa shape index (κ2) is 9.24. The van der Waals surface area contributed by atoms with Crippen molar-refractivity contribution in [2.24, 2.45) is 0 Å². The SMILES string of the molecule is Cc1ccccc1CN1CCN(C(=O)c2ccccc2NC(=O)c2ccsc2)CC1. The molecule has 30 heavy (non-hydrogen) atoms. The van der Waals surface area contributed by atoms with Crippen LogP contribution in [0.2, 0.25) is 0 Å². The van der Waals surface area contributed by atoms with Crippen LogP contribution in [0.15, 0.2) is 65.4 Å². The summed E-state index contributed by atoms with van der Waals surface area (Å²) in [5, 5.41) is 6.55. The Morgan fingerprint density at radius 2 is 1.70 bits per heavy atom. The number of anilines is 1. The van der Waals surface area contributed by atoms with Gasteiger partial charge in [-0.2, -0.15) is 11.3 Å². The molecule has 3 aromatic rings. The summed E-state index contributed by atoms with van der Waals surface area (Å²) in [6, 6.07) is 17.4. The van der Waals surface area contributed by atoms with Crippen LogP contribution in [0.3, 0.4) is 0 Å². The molecule has 2 heterocycles. The molecule has 2 amide bonds. The molecule has 154 valence electrons. The zero-order valence-corrected chi connectivity index (χ0v) is 17.8. The van der Waals surface area contributed by atoms with Gasteiger partial charge in [0.25, 0.3) is 11.8 Å². The van der Waals surface area contributed by atoms with Crippen molar-refractivity contribution in [3.63, 3.8) is 0 Å². The minimum Gasteiger partial charge on any atom is -0.336 e. The highest BCUT2D eigenvalue weighted by molar-refractivity contribution is 7.08. The van der Waals surface area contributed by atoms with E-state index in [0.717, 1.165) is 19.6 Å². The lowest BCUT2D eigenvalue weighted by atomic mass is 10.1. The molecule has 4 rings (SSSR count). The number of piperazine rings is 1. The summed E-state index contributed by atoms with van der Waals surface area (Å²) in [4.78, 5) is 29.9. The number of aryl methyl sites for hydroxylation is 1. The van der Waals surface area contributed by atoms with E-state index in [1.54, 1.807) is 23.6 Å². The molecule has 0 atom stereocenters. The Balaban J connectivity index is 1.40. The number of nitrogens with zero attached hydrogens (tertiary/aromatic N) is 2. The third-order valence-corrected chi connectivity index (χ3v) is 6.19. The van der Waals surface area contributed by atoms with E-state index in [9.17, 15) is 9.59 Å². The Hall–Kier alpha value is -2.96. The maximum Gasteiger partial charge on any atom is 0.256 e. The lowest BCUT2D eigenvalue weighted by Gasteiger charge is -2.35. The second-order valence-electron chi connectivity index (χ2n) is 7.51. The fourth-order valence-corrected chi connectivity index (χ4v) is 4.31. The summed E-state index contributed by atoms with van der Waals surface area (Å²) in [5.41, 5.74) is 4.33. The average Bonchev–Trinajstić information content (AvgIpc) is 3.31. The summed E-state index contributed by atoms with van der Waals surface area (Å²) < 4.78 is 0. The molecular weight excluding hydrogens is 394 g/mol. The van der Waals surface area contributed by atoms with Crippen molar-refractivity contribution in [2.45, 2.75) is 13.5 Å². The molecule has 0 saturated carbocycles. The van der Waals surface area contributed by atoms with Gasteiger partial charge in [-0.15, -0.1) is 0 Å². The largest absolute Gasteiger partial charge is 0.336 e. The Bertz CT molecular complexity index is 1020. The molecular formula is C24H25N3O2S. The molecule has 1 N–H and O–H groups in total. The van der Waals surface area contributed by atoms with Crippen LogP contribution in [0.1, 0.15) is 31.8 Å². The first-order valence-corrected chi connectivity index (χ1v) is 11.0. The Morgan fingerprint density at radius 1 is 0.967 bits per heavy atom. The number of carbonyl (C=O) groups excluding carboxylic acids is 2. The van der Waals surface area contributed by atoms with Crippen LogP contribution in [0.5, 0.6) is 0 Å². The first-order chi connectivity index (χ1) is 14.6. The van der Waals surface area contributed by atoms with Crippen molar-refractivity contribution < 1.29 is 9.59 Å². The van der Waals surface area contributed by atoms with E-state index in [-0.39, 0.29) is 11.8 Å². The molecule has 0 bridgehead atoms. The summed E-state index contributed by atoms with van der Waals surface area (Å²) in [7, 11) is 0. The zero-order valence-electron chi connectivity index (χ0n) is 17.0. The van der Waals surface area contributed by atoms with Crippen LogP contribution in [0, 0.1) is 6.92 Å². The predicted octanol–water partition coefficient (Wildman–Crippen LogP) is 4.27. The molecule has 1 saturated heterocycles. The van der Waals surface area contributed by atoms with E-state index in [1.165, 1.54) is 22.5 Å². The summed E-state index contributed by atoms with van der Waals surface area (Å²) >= 11 is 1.47. The van der Waals surface area contributed by atoms with E-state index < -0.39 is 0 Å². The molecule has 0 aliphatic carbocycles. The Labute approximate surface area is 180 Å². The Kier molecular flexibility index (Phi) is 6.26. The van der Waals surface area contributed by atoms with Crippen molar-refractivity contribution in [3.8, 4) is 0 Å². The van der Waals surface area contributed by atoms with Gasteiger partial charge in [0.05, 0.1) is 16.8 Å². The lowest BCUT2D eigenvalue weighted by Crippen LogP contribution is -2.48. The molecule has 0 spiro atoms. The highest BCUT2D eigenvalue weighted by atomic mass is 32.1. The highest BCUT2D eigenvalue weighted by Crippen LogP contribution is 2.20. The van der Waals surface area contributed by atoms with Crippen LogP contribution in [0.25, 0.3) is 0 Å². The van der Waals surface area contributed by atoms with E-state index in [0.29, 0.717) is 29.9 Å². The van der Waals surface area contributed by atoms with Gasteiger partial charge in [0.15, 0.2) is 0 Å². The monoisotopic (exact) mass is 419 g/mol. The summed E-state index contributed by atoms with van der Waals surface area (Å²) in [5.74, 6) is -0.230. The van der Waals surface area contributed by atoms with Crippen molar-refractivity contribution in [1.29, 1.82) is 0 Å². The minimum absolute atomic E-state index is 0.0354. The van der Waals surface area contributed by atoms with Crippen molar-refractivity contribution >= 4 is 28.8 Å². The lowest BCUT2D eigenvalue weighted by molar-refractivity contribution is 0.0629. The molecule has 1 aromatic heterocycles. The summed E-state index contributed by atoms with van der Waals surface area (Å²) in [6.07, 6.45) is 0. The maximum absolute atomic E-state index is 13.2. The van der Waals surface area contributed by atoms with Gasteiger partial charge in [0, 0.05) is 38.1 Å². The van der Waals surface area contributed by atoms with Gasteiger partial charge in [-0.05, 0) is 41.6 Å². The van der Waals surface area contributed by atoms with Crippen LogP contribution in [-0.4, -0.2) is 47.8 Å². The fourth-order valence-electron chi connectivity index (χ4n) is 3.67. The first kappa shape index (κ1) is 20.3. The van der Waals surface area contributed by atoms with Crippen LogP contribution >= 0.6 is 11.3 Å². The normalized spacial score (nSPS) is 14.5. The summed E-state index contributed by atoms with van der Waals surface area (Å²) in [6.45, 7) is 6.07. The van der Waals surface area contributed by atoms with Crippen LogP contribution in [-0.2, 0) is 6.54 Å². The van der Waals surface area contributed by atoms with Crippen LogP contribution < -0.4 is 5.32 Å². The predicted molar refractivity (Wildman–Crippen MR) is 121 cm³/mol. The van der Waals surface area contributed by atoms with Gasteiger partial charge in [0.2, 0.25) is 0 Å². The number of rotatable bonds is 5. The Morgan fingerprint density at radius 3 is 2.43 bits per heavy atom. The molecule has 1 fully saturated rings. The van der Waals surface area contributed by atoms with Gasteiger partial charge < -0.3 is 10.2 Å². The number of benzene rings is 2. The first-order valence-electron chi connectivity index (χ1n) is 10.1. The van der Waals surface area contributed by atoms with Gasteiger partial charge in [0.1, 0.15) is 0 Å². The number of amides is 2. The molecule has 1 aliphatic heterocycles. The van der Waals surface area contributed by atoms with Crippen LogP contribution in [0.4, 0.5) is 5.69 Å². The van der Waals surface area contributed by atoms with E-state index in [4.69, 9.17) is 0 Å². The van der Waals surface area contributed by atoms with Crippen molar-refractivity contribution in [3.05, 3.63) is 87.6 Å².